The molecule has 0 spiro atoms. The Morgan fingerprint density at radius 1 is 1.13 bits per heavy atom. The summed E-state index contributed by atoms with van der Waals surface area (Å²) in [5, 5.41) is 2.55. The largest absolute Gasteiger partial charge is 0.416 e. The molecule has 2 amide bonds. The zero-order valence-electron chi connectivity index (χ0n) is 16.6. The molecule has 2 aromatic carbocycles. The highest BCUT2D eigenvalue weighted by atomic mass is 32.2. The van der Waals surface area contributed by atoms with Crippen LogP contribution in [-0.2, 0) is 22.3 Å². The fourth-order valence-electron chi connectivity index (χ4n) is 3.20. The highest BCUT2D eigenvalue weighted by Gasteiger charge is 2.34. The molecule has 0 radical (unpaired) electrons. The van der Waals surface area contributed by atoms with Crippen LogP contribution in [0.1, 0.15) is 21.5 Å². The van der Waals surface area contributed by atoms with Crippen molar-refractivity contribution in [2.45, 2.75) is 17.6 Å². The molecular formula is C21H22F3N3O3S. The van der Waals surface area contributed by atoms with Crippen molar-refractivity contribution in [3.8, 4) is 0 Å². The number of hydrogen-bond acceptors (Lipinski definition) is 5. The van der Waals surface area contributed by atoms with E-state index in [1.54, 1.807) is 30.3 Å². The number of morpholine rings is 1. The summed E-state index contributed by atoms with van der Waals surface area (Å²) in [4.78, 5) is 26.0. The highest BCUT2D eigenvalue weighted by molar-refractivity contribution is 8.00. The summed E-state index contributed by atoms with van der Waals surface area (Å²) in [5.74, 6) is -1.07. The van der Waals surface area contributed by atoms with Gasteiger partial charge in [-0.1, -0.05) is 18.2 Å². The standard InChI is InChI=1S/C21H22F3N3O3S/c22-21(23,24)17-11-15(27-7-9-30-10-8-27)6-5-14(17)12-26-20(29)16-3-1-2-4-18(16)31-13-19(25)28/h1-6,11H,7-10,12-13H2,(H2,25,28)(H,26,29). The van der Waals surface area contributed by atoms with E-state index in [4.69, 9.17) is 10.5 Å². The van der Waals surface area contributed by atoms with Gasteiger partial charge in [-0.3, -0.25) is 9.59 Å². The Morgan fingerprint density at radius 2 is 1.84 bits per heavy atom. The van der Waals surface area contributed by atoms with Crippen LogP contribution in [0.5, 0.6) is 0 Å². The second-order valence-corrected chi connectivity index (χ2v) is 7.89. The molecular weight excluding hydrogens is 431 g/mol. The van der Waals surface area contributed by atoms with Crippen LogP contribution in [0.3, 0.4) is 0 Å². The predicted octanol–water partition coefficient (Wildman–Crippen LogP) is 3.05. The molecule has 0 unspecified atom stereocenters. The summed E-state index contributed by atoms with van der Waals surface area (Å²) in [6, 6.07) is 10.7. The zero-order chi connectivity index (χ0) is 22.4. The number of hydrogen-bond donors (Lipinski definition) is 2. The number of amides is 2. The molecule has 0 aliphatic carbocycles. The van der Waals surface area contributed by atoms with E-state index < -0.39 is 23.6 Å². The Bertz CT molecular complexity index is 947. The van der Waals surface area contributed by atoms with Crippen LogP contribution in [0, 0.1) is 0 Å². The topological polar surface area (TPSA) is 84.7 Å². The first-order valence-electron chi connectivity index (χ1n) is 9.57. The smallest absolute Gasteiger partial charge is 0.378 e. The first-order chi connectivity index (χ1) is 14.8. The van der Waals surface area contributed by atoms with Crippen LogP contribution >= 0.6 is 11.8 Å². The van der Waals surface area contributed by atoms with Gasteiger partial charge in [0.05, 0.1) is 30.1 Å². The van der Waals surface area contributed by atoms with Gasteiger partial charge in [-0.25, -0.2) is 0 Å². The van der Waals surface area contributed by atoms with Crippen LogP contribution in [0.15, 0.2) is 47.4 Å². The van der Waals surface area contributed by atoms with E-state index in [1.807, 2.05) is 4.90 Å². The molecule has 0 saturated carbocycles. The number of ether oxygens (including phenoxy) is 1. The predicted molar refractivity (Wildman–Crippen MR) is 112 cm³/mol. The van der Waals surface area contributed by atoms with Gasteiger partial charge in [0.15, 0.2) is 0 Å². The van der Waals surface area contributed by atoms with Crippen molar-refractivity contribution in [3.05, 3.63) is 59.2 Å². The fourth-order valence-corrected chi connectivity index (χ4v) is 3.99. The van der Waals surface area contributed by atoms with Crippen LogP contribution in [0.2, 0.25) is 0 Å². The molecule has 1 heterocycles. The lowest BCUT2D eigenvalue weighted by Crippen LogP contribution is -2.36. The Labute approximate surface area is 181 Å². The second-order valence-electron chi connectivity index (χ2n) is 6.87. The zero-order valence-corrected chi connectivity index (χ0v) is 17.4. The fraction of sp³-hybridized carbons (Fsp3) is 0.333. The molecule has 1 saturated heterocycles. The number of benzene rings is 2. The summed E-state index contributed by atoms with van der Waals surface area (Å²) in [7, 11) is 0. The van der Waals surface area contributed by atoms with E-state index in [0.717, 1.165) is 17.8 Å². The molecule has 1 aliphatic rings. The Kier molecular flexibility index (Phi) is 7.45. The summed E-state index contributed by atoms with van der Waals surface area (Å²) in [6.45, 7) is 1.69. The maximum atomic E-state index is 13.7. The minimum absolute atomic E-state index is 0.00842. The van der Waals surface area contributed by atoms with Gasteiger partial charge in [-0.2, -0.15) is 13.2 Å². The van der Waals surface area contributed by atoms with Crippen molar-refractivity contribution in [3.63, 3.8) is 0 Å². The summed E-state index contributed by atoms with van der Waals surface area (Å²) in [6.07, 6.45) is -4.56. The van der Waals surface area contributed by atoms with Crippen LogP contribution < -0.4 is 16.0 Å². The number of nitrogens with one attached hydrogen (secondary N) is 1. The lowest BCUT2D eigenvalue weighted by Gasteiger charge is -2.29. The highest BCUT2D eigenvalue weighted by Crippen LogP contribution is 2.35. The molecule has 1 aliphatic heterocycles. The number of carbonyl (C=O) groups is 2. The van der Waals surface area contributed by atoms with Gasteiger partial charge in [-0.05, 0) is 29.8 Å². The molecule has 3 N–H and O–H groups in total. The maximum Gasteiger partial charge on any atom is 0.416 e. The number of thioether (sulfide) groups is 1. The number of anilines is 1. The van der Waals surface area contributed by atoms with Gasteiger partial charge in [0.1, 0.15) is 0 Å². The SMILES string of the molecule is NC(=O)CSc1ccccc1C(=O)NCc1ccc(N2CCOCC2)cc1C(F)(F)F. The van der Waals surface area contributed by atoms with Crippen molar-refractivity contribution < 1.29 is 27.5 Å². The molecule has 166 valence electrons. The number of halogens is 3. The number of carbonyl (C=O) groups excluding carboxylic acids is 2. The lowest BCUT2D eigenvalue weighted by molar-refractivity contribution is -0.138. The van der Waals surface area contributed by atoms with E-state index in [2.05, 4.69) is 5.32 Å². The molecule has 3 rings (SSSR count). The minimum atomic E-state index is -4.56. The number of rotatable bonds is 7. The Hall–Kier alpha value is -2.72. The average Bonchev–Trinajstić information content (AvgIpc) is 2.76. The Morgan fingerprint density at radius 3 is 2.52 bits per heavy atom. The van der Waals surface area contributed by atoms with E-state index in [1.165, 1.54) is 6.07 Å². The summed E-state index contributed by atoms with van der Waals surface area (Å²) in [5.41, 5.74) is 5.08. The van der Waals surface area contributed by atoms with E-state index in [0.29, 0.717) is 36.9 Å². The normalized spacial score (nSPS) is 14.4. The molecule has 0 atom stereocenters. The first-order valence-corrected chi connectivity index (χ1v) is 10.6. The Balaban J connectivity index is 1.76. The van der Waals surface area contributed by atoms with Gasteiger partial charge in [-0.15, -0.1) is 11.8 Å². The third-order valence-electron chi connectivity index (χ3n) is 4.72. The third kappa shape index (κ3) is 6.14. The molecule has 1 fully saturated rings. The quantitative estimate of drug-likeness (QED) is 0.630. The average molecular weight is 453 g/mol. The van der Waals surface area contributed by atoms with Crippen molar-refractivity contribution >= 4 is 29.3 Å². The van der Waals surface area contributed by atoms with Gasteiger partial charge in [0.25, 0.3) is 5.91 Å². The lowest BCUT2D eigenvalue weighted by atomic mass is 10.0. The summed E-state index contributed by atoms with van der Waals surface area (Å²) < 4.78 is 46.3. The number of nitrogens with two attached hydrogens (primary N) is 1. The van der Waals surface area contributed by atoms with E-state index in [-0.39, 0.29) is 23.4 Å². The van der Waals surface area contributed by atoms with E-state index in [9.17, 15) is 22.8 Å². The molecule has 2 aromatic rings. The number of primary amides is 1. The van der Waals surface area contributed by atoms with Gasteiger partial charge < -0.3 is 20.7 Å². The van der Waals surface area contributed by atoms with Gasteiger partial charge >= 0.3 is 6.18 Å². The van der Waals surface area contributed by atoms with Crippen LogP contribution in [0.4, 0.5) is 18.9 Å². The molecule has 6 nitrogen and oxygen atoms in total. The monoisotopic (exact) mass is 453 g/mol. The van der Waals surface area contributed by atoms with Crippen molar-refractivity contribution in [2.75, 3.05) is 37.0 Å². The van der Waals surface area contributed by atoms with Crippen molar-refractivity contribution in [1.82, 2.24) is 5.32 Å². The van der Waals surface area contributed by atoms with E-state index >= 15 is 0 Å². The molecule has 0 bridgehead atoms. The van der Waals surface area contributed by atoms with Crippen molar-refractivity contribution in [2.24, 2.45) is 5.73 Å². The van der Waals surface area contributed by atoms with Crippen LogP contribution in [-0.4, -0.2) is 43.9 Å². The number of alkyl halides is 3. The second kappa shape index (κ2) is 10.1. The maximum absolute atomic E-state index is 13.7. The van der Waals surface area contributed by atoms with Gasteiger partial charge in [0, 0.05) is 30.2 Å². The first kappa shape index (κ1) is 23.0. The van der Waals surface area contributed by atoms with Crippen LogP contribution in [0.25, 0.3) is 0 Å². The molecule has 10 heteroatoms. The minimum Gasteiger partial charge on any atom is -0.378 e. The number of nitrogens with zero attached hydrogens (tertiary/aromatic N) is 1. The molecule has 31 heavy (non-hydrogen) atoms. The van der Waals surface area contributed by atoms with Crippen molar-refractivity contribution in [1.29, 1.82) is 0 Å². The summed E-state index contributed by atoms with van der Waals surface area (Å²) >= 11 is 1.10. The van der Waals surface area contributed by atoms with Gasteiger partial charge in [0.2, 0.25) is 5.91 Å². The molecule has 0 aromatic heterocycles. The third-order valence-corrected chi connectivity index (χ3v) is 5.81.